The van der Waals surface area contributed by atoms with Gasteiger partial charge in [-0.1, -0.05) is 34.4 Å². The maximum Gasteiger partial charge on any atom is 0.264 e. The summed E-state index contributed by atoms with van der Waals surface area (Å²) < 4.78 is 37.4. The van der Waals surface area contributed by atoms with Gasteiger partial charge in [-0.25, -0.2) is 12.7 Å². The Labute approximate surface area is 185 Å². The average Bonchev–Trinajstić information content (AvgIpc) is 3.13. The Kier molecular flexibility index (Phi) is 7.02. The minimum absolute atomic E-state index is 0.0649. The zero-order chi connectivity index (χ0) is 21.9. The number of nitrogens with zero attached hydrogens (tertiary/aromatic N) is 3. The highest BCUT2D eigenvalue weighted by Gasteiger charge is 2.22. The second kappa shape index (κ2) is 9.34. The molecule has 0 N–H and O–H groups in total. The molecule has 0 atom stereocenters. The summed E-state index contributed by atoms with van der Waals surface area (Å²) in [5.41, 5.74) is 2.20. The second-order valence-electron chi connectivity index (χ2n) is 6.87. The molecular weight excluding hydrogens is 449 g/mol. The lowest BCUT2D eigenvalue weighted by Crippen LogP contribution is -2.29. The van der Waals surface area contributed by atoms with Gasteiger partial charge in [-0.3, -0.25) is 0 Å². The van der Waals surface area contributed by atoms with Crippen LogP contribution in [0, 0.1) is 13.8 Å². The van der Waals surface area contributed by atoms with Crippen molar-refractivity contribution in [3.63, 3.8) is 0 Å². The molecule has 0 unspecified atom stereocenters. The minimum Gasteiger partial charge on any atom is -0.484 e. The molecule has 160 valence electrons. The Morgan fingerprint density at radius 3 is 2.43 bits per heavy atom. The third kappa shape index (κ3) is 5.51. The van der Waals surface area contributed by atoms with Crippen molar-refractivity contribution in [3.05, 3.63) is 69.3 Å². The largest absolute Gasteiger partial charge is 0.484 e. The number of hydrogen-bond acceptors (Lipinski definition) is 6. The molecule has 0 saturated carbocycles. The van der Waals surface area contributed by atoms with Crippen molar-refractivity contribution in [3.8, 4) is 5.75 Å². The standard InChI is InChI=1S/C20H21Cl2N3O4S/c1-13-8-14(2)10-15(9-13)28-12-20-23-19(24-29-20)6-7-25(3)30(26,27)16-4-5-17(21)18(22)11-16/h4-5,8-11H,6-7,12H2,1-3H3. The number of sulfonamides is 1. The van der Waals surface area contributed by atoms with E-state index in [1.807, 2.05) is 26.0 Å². The van der Waals surface area contributed by atoms with Crippen LogP contribution in [-0.2, 0) is 23.1 Å². The number of ether oxygens (including phenoxy) is 1. The van der Waals surface area contributed by atoms with Gasteiger partial charge in [0.1, 0.15) is 5.75 Å². The molecule has 0 fully saturated rings. The predicted octanol–water partition coefficient (Wildman–Crippen LogP) is 4.44. The maximum atomic E-state index is 12.7. The summed E-state index contributed by atoms with van der Waals surface area (Å²) in [7, 11) is -2.24. The van der Waals surface area contributed by atoms with Crippen LogP contribution in [-0.4, -0.2) is 36.5 Å². The molecular formula is C20H21Cl2N3O4S. The fraction of sp³-hybridized carbons (Fsp3) is 0.300. The van der Waals surface area contributed by atoms with Crippen molar-refractivity contribution < 1.29 is 17.7 Å². The van der Waals surface area contributed by atoms with Gasteiger partial charge in [-0.2, -0.15) is 4.98 Å². The van der Waals surface area contributed by atoms with Crippen LogP contribution in [0.2, 0.25) is 10.0 Å². The zero-order valence-corrected chi connectivity index (χ0v) is 19.1. The first-order chi connectivity index (χ1) is 14.1. The van der Waals surface area contributed by atoms with Gasteiger partial charge in [0.25, 0.3) is 5.89 Å². The topological polar surface area (TPSA) is 85.5 Å². The Morgan fingerprint density at radius 2 is 1.77 bits per heavy atom. The molecule has 0 aliphatic heterocycles. The summed E-state index contributed by atoms with van der Waals surface area (Å²) in [6.45, 7) is 4.28. The summed E-state index contributed by atoms with van der Waals surface area (Å²) >= 11 is 11.8. The molecule has 30 heavy (non-hydrogen) atoms. The zero-order valence-electron chi connectivity index (χ0n) is 16.7. The van der Waals surface area contributed by atoms with E-state index >= 15 is 0 Å². The number of likely N-dealkylation sites (N-methyl/N-ethyl adjacent to an activating group) is 1. The smallest absolute Gasteiger partial charge is 0.264 e. The number of benzene rings is 2. The van der Waals surface area contributed by atoms with Gasteiger partial charge < -0.3 is 9.26 Å². The number of aryl methyl sites for hydroxylation is 2. The first-order valence-corrected chi connectivity index (χ1v) is 11.3. The normalized spacial score (nSPS) is 11.8. The number of rotatable bonds is 8. The lowest BCUT2D eigenvalue weighted by atomic mass is 10.1. The number of hydrogen-bond donors (Lipinski definition) is 0. The molecule has 0 spiro atoms. The van der Waals surface area contributed by atoms with Crippen LogP contribution in [0.3, 0.4) is 0 Å². The van der Waals surface area contributed by atoms with E-state index in [9.17, 15) is 8.42 Å². The first-order valence-electron chi connectivity index (χ1n) is 9.09. The highest BCUT2D eigenvalue weighted by Crippen LogP contribution is 2.26. The number of halogens is 2. The first kappa shape index (κ1) is 22.6. The van der Waals surface area contributed by atoms with Gasteiger partial charge in [0.15, 0.2) is 12.4 Å². The van der Waals surface area contributed by atoms with Crippen LogP contribution in [0.5, 0.6) is 5.75 Å². The summed E-state index contributed by atoms with van der Waals surface area (Å²) in [6.07, 6.45) is 0.282. The molecule has 3 rings (SSSR count). The SMILES string of the molecule is Cc1cc(C)cc(OCc2nc(CCN(C)S(=O)(=O)c3ccc(Cl)c(Cl)c3)no2)c1. The third-order valence-electron chi connectivity index (χ3n) is 4.32. The van der Waals surface area contributed by atoms with Gasteiger partial charge in [0.05, 0.1) is 14.9 Å². The minimum atomic E-state index is -3.72. The fourth-order valence-corrected chi connectivity index (χ4v) is 4.37. The summed E-state index contributed by atoms with van der Waals surface area (Å²) in [6, 6.07) is 10.1. The quantitative estimate of drug-likeness (QED) is 0.484. The highest BCUT2D eigenvalue weighted by atomic mass is 35.5. The van der Waals surface area contributed by atoms with Gasteiger partial charge in [0.2, 0.25) is 10.0 Å². The average molecular weight is 470 g/mol. The molecule has 0 radical (unpaired) electrons. The van der Waals surface area contributed by atoms with Crippen LogP contribution in [0.15, 0.2) is 45.8 Å². The summed E-state index contributed by atoms with van der Waals surface area (Å²) in [5, 5.41) is 4.36. The van der Waals surface area contributed by atoms with Gasteiger partial charge in [-0.05, 0) is 55.3 Å². The van der Waals surface area contributed by atoms with Gasteiger partial charge in [0, 0.05) is 20.0 Å². The summed E-state index contributed by atoms with van der Waals surface area (Å²) in [5.74, 6) is 1.43. The van der Waals surface area contributed by atoms with Crippen molar-refractivity contribution in [2.45, 2.75) is 31.8 Å². The van der Waals surface area contributed by atoms with E-state index in [-0.39, 0.29) is 29.5 Å². The van der Waals surface area contributed by atoms with E-state index in [0.29, 0.717) is 16.7 Å². The lowest BCUT2D eigenvalue weighted by Gasteiger charge is -2.16. The van der Waals surface area contributed by atoms with E-state index < -0.39 is 10.0 Å². The Hall–Kier alpha value is -2.13. The molecule has 0 aliphatic carbocycles. The van der Waals surface area contributed by atoms with E-state index in [2.05, 4.69) is 16.2 Å². The summed E-state index contributed by atoms with van der Waals surface area (Å²) in [4.78, 5) is 4.32. The Bertz CT molecular complexity index is 1130. The lowest BCUT2D eigenvalue weighted by molar-refractivity contribution is 0.242. The van der Waals surface area contributed by atoms with E-state index in [0.717, 1.165) is 16.9 Å². The van der Waals surface area contributed by atoms with E-state index in [4.69, 9.17) is 32.5 Å². The molecule has 0 bridgehead atoms. The molecule has 1 aromatic heterocycles. The monoisotopic (exact) mass is 469 g/mol. The van der Waals surface area contributed by atoms with Crippen LogP contribution in [0.1, 0.15) is 22.8 Å². The molecule has 3 aromatic rings. The van der Waals surface area contributed by atoms with Crippen LogP contribution in [0.25, 0.3) is 0 Å². The maximum absolute atomic E-state index is 12.7. The van der Waals surface area contributed by atoms with Crippen LogP contribution in [0.4, 0.5) is 0 Å². The number of aromatic nitrogens is 2. The molecule has 7 nitrogen and oxygen atoms in total. The second-order valence-corrected chi connectivity index (χ2v) is 9.73. The van der Waals surface area contributed by atoms with E-state index in [1.165, 1.54) is 29.6 Å². The third-order valence-corrected chi connectivity index (χ3v) is 6.91. The Balaban J connectivity index is 1.58. The Morgan fingerprint density at radius 1 is 1.07 bits per heavy atom. The van der Waals surface area contributed by atoms with Crippen molar-refractivity contribution >= 4 is 33.2 Å². The van der Waals surface area contributed by atoms with Crippen molar-refractivity contribution in [1.29, 1.82) is 0 Å². The van der Waals surface area contributed by atoms with Crippen molar-refractivity contribution in [2.24, 2.45) is 0 Å². The molecule has 2 aromatic carbocycles. The molecule has 0 saturated heterocycles. The molecule has 1 heterocycles. The van der Waals surface area contributed by atoms with Gasteiger partial charge >= 0.3 is 0 Å². The van der Waals surface area contributed by atoms with Crippen molar-refractivity contribution in [2.75, 3.05) is 13.6 Å². The highest BCUT2D eigenvalue weighted by molar-refractivity contribution is 7.89. The predicted molar refractivity (Wildman–Crippen MR) is 115 cm³/mol. The molecule has 0 amide bonds. The van der Waals surface area contributed by atoms with E-state index in [1.54, 1.807) is 0 Å². The molecule has 10 heteroatoms. The van der Waals surface area contributed by atoms with Crippen LogP contribution < -0.4 is 4.74 Å². The van der Waals surface area contributed by atoms with Crippen LogP contribution >= 0.6 is 23.2 Å². The fourth-order valence-electron chi connectivity index (χ4n) is 2.81. The van der Waals surface area contributed by atoms with Crippen molar-refractivity contribution in [1.82, 2.24) is 14.4 Å². The van der Waals surface area contributed by atoms with Gasteiger partial charge in [-0.15, -0.1) is 0 Å². The molecule has 0 aliphatic rings.